The quantitative estimate of drug-likeness (QED) is 0.680. The van der Waals surface area contributed by atoms with Crippen LogP contribution in [0.25, 0.3) is 0 Å². The Bertz CT molecular complexity index is 337. The zero-order valence-corrected chi connectivity index (χ0v) is 11.5. The molecule has 3 N–H and O–H groups in total. The molecular formula is C11H20N2O3Si. The van der Waals surface area contributed by atoms with Gasteiger partial charge in [-0.25, -0.2) is 0 Å². The van der Waals surface area contributed by atoms with E-state index in [4.69, 9.17) is 19.0 Å². The van der Waals surface area contributed by atoms with Crippen molar-refractivity contribution < 1.29 is 13.3 Å². The van der Waals surface area contributed by atoms with Crippen LogP contribution < -0.4 is 16.2 Å². The Balaban J connectivity index is 2.96. The summed E-state index contributed by atoms with van der Waals surface area (Å²) in [4.78, 5) is 0. The van der Waals surface area contributed by atoms with Crippen LogP contribution in [-0.2, 0) is 13.3 Å². The van der Waals surface area contributed by atoms with Crippen molar-refractivity contribution in [2.24, 2.45) is 5.73 Å². The van der Waals surface area contributed by atoms with E-state index in [1.165, 1.54) is 0 Å². The van der Waals surface area contributed by atoms with Crippen LogP contribution in [0.4, 0.5) is 5.69 Å². The first-order chi connectivity index (χ1) is 8.22. The molecule has 0 atom stereocenters. The third-order valence-electron chi connectivity index (χ3n) is 2.50. The average molecular weight is 256 g/mol. The summed E-state index contributed by atoms with van der Waals surface area (Å²) in [6.07, 6.45) is 0. The second-order valence-corrected chi connectivity index (χ2v) is 6.38. The molecule has 0 amide bonds. The summed E-state index contributed by atoms with van der Waals surface area (Å²) in [6, 6.07) is 7.82. The van der Waals surface area contributed by atoms with Crippen molar-refractivity contribution in [3.8, 4) is 0 Å². The van der Waals surface area contributed by atoms with Gasteiger partial charge in [-0.05, 0) is 12.1 Å². The van der Waals surface area contributed by atoms with E-state index < -0.39 is 8.80 Å². The Morgan fingerprint density at radius 3 is 2.35 bits per heavy atom. The van der Waals surface area contributed by atoms with Crippen molar-refractivity contribution in [2.45, 2.75) is 0 Å². The van der Waals surface area contributed by atoms with Crippen LogP contribution in [0.15, 0.2) is 24.3 Å². The lowest BCUT2D eigenvalue weighted by molar-refractivity contribution is 0.140. The minimum Gasteiger partial charge on any atom is -0.384 e. The highest BCUT2D eigenvalue weighted by atomic mass is 28.4. The maximum atomic E-state index is 5.45. The Hall–Kier alpha value is -0.923. The van der Waals surface area contributed by atoms with Crippen LogP contribution in [0.3, 0.4) is 0 Å². The molecule has 96 valence electrons. The highest BCUT2D eigenvalue weighted by Crippen LogP contribution is 2.11. The van der Waals surface area contributed by atoms with E-state index in [-0.39, 0.29) is 0 Å². The van der Waals surface area contributed by atoms with E-state index in [9.17, 15) is 0 Å². The number of benzene rings is 1. The molecule has 1 aromatic carbocycles. The second kappa shape index (κ2) is 6.73. The SMILES string of the molecule is CO[Si](OC)(OC)c1cccc(NCCN)c1. The van der Waals surface area contributed by atoms with Gasteiger partial charge in [0.05, 0.1) is 0 Å². The molecule has 0 unspecified atom stereocenters. The molecule has 0 fully saturated rings. The molecule has 0 radical (unpaired) electrons. The number of rotatable bonds is 7. The number of hydrogen-bond acceptors (Lipinski definition) is 5. The monoisotopic (exact) mass is 256 g/mol. The van der Waals surface area contributed by atoms with Crippen molar-refractivity contribution >= 4 is 19.7 Å². The largest absolute Gasteiger partial charge is 0.536 e. The molecule has 0 aromatic heterocycles. The molecule has 17 heavy (non-hydrogen) atoms. The van der Waals surface area contributed by atoms with Gasteiger partial charge in [0.1, 0.15) is 0 Å². The maximum Gasteiger partial charge on any atom is 0.536 e. The Morgan fingerprint density at radius 2 is 1.82 bits per heavy atom. The minimum absolute atomic E-state index is 0.589. The van der Waals surface area contributed by atoms with Crippen molar-refractivity contribution in [3.63, 3.8) is 0 Å². The predicted octanol–water partition coefficient (Wildman–Crippen LogP) is 0.142. The van der Waals surface area contributed by atoms with E-state index in [1.807, 2.05) is 24.3 Å². The first-order valence-corrected chi connectivity index (χ1v) is 7.15. The molecule has 0 saturated heterocycles. The molecule has 1 rings (SSSR count). The summed E-state index contributed by atoms with van der Waals surface area (Å²) in [7, 11) is 2.05. The van der Waals surface area contributed by atoms with Gasteiger partial charge >= 0.3 is 8.80 Å². The van der Waals surface area contributed by atoms with E-state index in [0.29, 0.717) is 6.54 Å². The zero-order chi connectivity index (χ0) is 12.7. The van der Waals surface area contributed by atoms with Crippen LogP contribution in [0.2, 0.25) is 0 Å². The molecule has 0 bridgehead atoms. The van der Waals surface area contributed by atoms with Crippen molar-refractivity contribution in [2.75, 3.05) is 39.7 Å². The fraction of sp³-hybridized carbons (Fsp3) is 0.455. The van der Waals surface area contributed by atoms with Gasteiger partial charge in [0.2, 0.25) is 0 Å². The van der Waals surface area contributed by atoms with Gasteiger partial charge in [0, 0.05) is 45.3 Å². The Labute approximate surface area is 103 Å². The molecule has 0 spiro atoms. The number of anilines is 1. The zero-order valence-electron chi connectivity index (χ0n) is 10.5. The summed E-state index contributed by atoms with van der Waals surface area (Å²) >= 11 is 0. The Morgan fingerprint density at radius 1 is 1.18 bits per heavy atom. The van der Waals surface area contributed by atoms with E-state index >= 15 is 0 Å². The van der Waals surface area contributed by atoms with Crippen molar-refractivity contribution in [1.29, 1.82) is 0 Å². The van der Waals surface area contributed by atoms with Gasteiger partial charge in [0.25, 0.3) is 0 Å². The molecule has 0 saturated carbocycles. The van der Waals surface area contributed by atoms with Gasteiger partial charge in [-0.3, -0.25) is 0 Å². The fourth-order valence-corrected chi connectivity index (χ4v) is 3.48. The summed E-state index contributed by atoms with van der Waals surface area (Å²) in [6.45, 7) is 1.32. The van der Waals surface area contributed by atoms with Crippen LogP contribution in [0.1, 0.15) is 0 Å². The lowest BCUT2D eigenvalue weighted by atomic mass is 10.3. The molecule has 1 aromatic rings. The van der Waals surface area contributed by atoms with Gasteiger partial charge in [-0.15, -0.1) is 0 Å². The summed E-state index contributed by atoms with van der Waals surface area (Å²) in [5.74, 6) is 0. The summed E-state index contributed by atoms with van der Waals surface area (Å²) in [5, 5.41) is 4.13. The van der Waals surface area contributed by atoms with E-state index in [1.54, 1.807) is 21.3 Å². The number of hydrogen-bond donors (Lipinski definition) is 2. The maximum absolute atomic E-state index is 5.45. The smallest absolute Gasteiger partial charge is 0.384 e. The summed E-state index contributed by atoms with van der Waals surface area (Å²) in [5.41, 5.74) is 6.43. The lowest BCUT2D eigenvalue weighted by Gasteiger charge is -2.24. The van der Waals surface area contributed by atoms with Gasteiger partial charge in [-0.2, -0.15) is 0 Å². The molecular weight excluding hydrogens is 236 g/mol. The van der Waals surface area contributed by atoms with Crippen LogP contribution in [0.5, 0.6) is 0 Å². The first-order valence-electron chi connectivity index (χ1n) is 5.42. The standard InChI is InChI=1S/C11H20N2O3Si/c1-14-17(15-2,16-3)11-6-4-5-10(9-11)13-8-7-12/h4-6,9,13H,7-8,12H2,1-3H3. The van der Waals surface area contributed by atoms with E-state index in [2.05, 4.69) is 5.32 Å². The minimum atomic E-state index is -2.74. The van der Waals surface area contributed by atoms with Gasteiger partial charge in [-0.1, -0.05) is 12.1 Å². The van der Waals surface area contributed by atoms with Crippen molar-refractivity contribution in [3.05, 3.63) is 24.3 Å². The molecule has 0 aliphatic rings. The molecule has 6 heteroatoms. The van der Waals surface area contributed by atoms with Gasteiger partial charge in [0.15, 0.2) is 0 Å². The topological polar surface area (TPSA) is 65.7 Å². The van der Waals surface area contributed by atoms with Crippen LogP contribution in [-0.4, -0.2) is 43.2 Å². The van der Waals surface area contributed by atoms with Gasteiger partial charge < -0.3 is 24.3 Å². The van der Waals surface area contributed by atoms with Crippen molar-refractivity contribution in [1.82, 2.24) is 0 Å². The van der Waals surface area contributed by atoms with Crippen LogP contribution >= 0.6 is 0 Å². The Kier molecular flexibility index (Phi) is 5.59. The van der Waals surface area contributed by atoms with E-state index in [0.717, 1.165) is 17.4 Å². The molecule has 5 nitrogen and oxygen atoms in total. The third-order valence-corrected chi connectivity index (χ3v) is 5.13. The average Bonchev–Trinajstić information content (AvgIpc) is 2.40. The molecule has 0 heterocycles. The molecule has 0 aliphatic heterocycles. The number of nitrogens with two attached hydrogens (primary N) is 1. The summed E-state index contributed by atoms with van der Waals surface area (Å²) < 4.78 is 16.3. The van der Waals surface area contributed by atoms with Crippen LogP contribution in [0, 0.1) is 0 Å². The number of nitrogens with one attached hydrogen (secondary N) is 1. The normalized spacial score (nSPS) is 11.5. The highest BCUT2D eigenvalue weighted by molar-refractivity contribution is 6.75. The third kappa shape index (κ3) is 3.27. The second-order valence-electron chi connectivity index (χ2n) is 3.46. The predicted molar refractivity (Wildman–Crippen MR) is 70.4 cm³/mol. The first kappa shape index (κ1) is 14.1. The molecule has 0 aliphatic carbocycles. The highest BCUT2D eigenvalue weighted by Gasteiger charge is 2.40. The lowest BCUT2D eigenvalue weighted by Crippen LogP contribution is -2.54. The fourth-order valence-electron chi connectivity index (χ4n) is 1.64.